The van der Waals surface area contributed by atoms with Crippen LogP contribution in [-0.4, -0.2) is 5.71 Å². The Bertz CT molecular complexity index is 1560. The first-order chi connectivity index (χ1) is 19.4. The van der Waals surface area contributed by atoms with Gasteiger partial charge in [0, 0.05) is 21.5 Å². The molecule has 3 heteroatoms. The molecule has 0 bridgehead atoms. The number of thiophene rings is 2. The van der Waals surface area contributed by atoms with Crippen LogP contribution >= 0.6 is 22.7 Å². The molecule has 204 valence electrons. The lowest BCUT2D eigenvalue weighted by molar-refractivity contribution is 1.36. The predicted octanol–water partition coefficient (Wildman–Crippen LogP) is 11.7. The Morgan fingerprint density at radius 3 is 1.82 bits per heavy atom. The van der Waals surface area contributed by atoms with Gasteiger partial charge in [0.05, 0.1) is 5.71 Å². The van der Waals surface area contributed by atoms with Gasteiger partial charge in [-0.1, -0.05) is 54.6 Å². The monoisotopic (exact) mass is 561 g/mol. The third kappa shape index (κ3) is 7.65. The molecule has 0 N–H and O–H groups in total. The molecule has 0 aliphatic heterocycles. The summed E-state index contributed by atoms with van der Waals surface area (Å²) in [6, 6.07) is 17.7. The highest BCUT2D eigenvalue weighted by Crippen LogP contribution is 2.34. The van der Waals surface area contributed by atoms with Crippen molar-refractivity contribution in [3.05, 3.63) is 148 Å². The smallest absolute Gasteiger partial charge is 0.0704 e. The van der Waals surface area contributed by atoms with E-state index in [1.54, 1.807) is 22.7 Å². The lowest BCUT2D eigenvalue weighted by Gasteiger charge is -2.13. The van der Waals surface area contributed by atoms with Crippen LogP contribution in [0.1, 0.15) is 47.2 Å². The molecule has 0 spiro atoms. The van der Waals surface area contributed by atoms with Gasteiger partial charge in [-0.05, 0) is 127 Å². The molecule has 0 aliphatic rings. The highest BCUT2D eigenvalue weighted by Gasteiger charge is 2.12. The van der Waals surface area contributed by atoms with Crippen molar-refractivity contribution >= 4 is 34.0 Å². The van der Waals surface area contributed by atoms with Gasteiger partial charge < -0.3 is 0 Å². The highest BCUT2D eigenvalue weighted by atomic mass is 32.1. The Morgan fingerprint density at radius 2 is 1.30 bits per heavy atom. The molecule has 2 aromatic carbocycles. The minimum Gasteiger partial charge on any atom is -0.256 e. The molecular weight excluding hydrogens is 523 g/mol. The zero-order chi connectivity index (χ0) is 29.1. The van der Waals surface area contributed by atoms with E-state index in [-0.39, 0.29) is 0 Å². The molecule has 0 aliphatic carbocycles. The summed E-state index contributed by atoms with van der Waals surface area (Å²) in [5.74, 6) is 0. The average Bonchev–Trinajstić information content (AvgIpc) is 3.68. The maximum Gasteiger partial charge on any atom is 0.0704 e. The van der Waals surface area contributed by atoms with Crippen LogP contribution in [-0.2, 0) is 0 Å². The Morgan fingerprint density at radius 1 is 0.750 bits per heavy atom. The van der Waals surface area contributed by atoms with Crippen LogP contribution in [0.15, 0.2) is 120 Å². The van der Waals surface area contributed by atoms with E-state index in [0.717, 1.165) is 11.3 Å². The SMILES string of the molecule is C/C=C/C=C\C(=N/C=C\C=C(/C)c1cc(C)cc(-c2cccs2)c1C)c1cc(C)cc(-c2cccs2)c1C.C=C. The summed E-state index contributed by atoms with van der Waals surface area (Å²) < 4.78 is 0. The van der Waals surface area contributed by atoms with E-state index in [1.807, 2.05) is 25.3 Å². The number of benzene rings is 2. The number of aliphatic imine (C=N–C) groups is 1. The molecular formula is C37H39NS2. The van der Waals surface area contributed by atoms with Gasteiger partial charge in [0.15, 0.2) is 0 Å². The molecule has 0 fully saturated rings. The van der Waals surface area contributed by atoms with Crippen molar-refractivity contribution < 1.29 is 0 Å². The molecule has 40 heavy (non-hydrogen) atoms. The molecule has 2 aromatic heterocycles. The zero-order valence-electron chi connectivity index (χ0n) is 24.5. The van der Waals surface area contributed by atoms with E-state index in [0.29, 0.717) is 0 Å². The summed E-state index contributed by atoms with van der Waals surface area (Å²) in [6.45, 7) is 19.0. The fourth-order valence-corrected chi connectivity index (χ4v) is 6.23. The van der Waals surface area contributed by atoms with Crippen LogP contribution in [0.2, 0.25) is 0 Å². The second kappa shape index (κ2) is 15.1. The maximum atomic E-state index is 4.93. The topological polar surface area (TPSA) is 12.4 Å². The van der Waals surface area contributed by atoms with Crippen molar-refractivity contribution in [3.8, 4) is 20.9 Å². The number of hydrogen-bond donors (Lipinski definition) is 0. The van der Waals surface area contributed by atoms with Crippen LogP contribution in [0.25, 0.3) is 26.5 Å². The number of rotatable bonds is 8. The lowest BCUT2D eigenvalue weighted by atomic mass is 9.94. The van der Waals surface area contributed by atoms with Gasteiger partial charge in [-0.2, -0.15) is 0 Å². The second-order valence-corrected chi connectivity index (χ2v) is 11.4. The molecule has 0 unspecified atom stereocenters. The summed E-state index contributed by atoms with van der Waals surface area (Å²) in [5, 5.41) is 4.27. The molecule has 4 rings (SSSR count). The maximum absolute atomic E-state index is 4.93. The molecule has 0 atom stereocenters. The van der Waals surface area contributed by atoms with Crippen molar-refractivity contribution in [2.24, 2.45) is 4.99 Å². The van der Waals surface area contributed by atoms with Gasteiger partial charge in [0.1, 0.15) is 0 Å². The van der Waals surface area contributed by atoms with Gasteiger partial charge in [-0.3, -0.25) is 4.99 Å². The predicted molar refractivity (Wildman–Crippen MR) is 183 cm³/mol. The summed E-state index contributed by atoms with van der Waals surface area (Å²) in [6.07, 6.45) is 14.4. The van der Waals surface area contributed by atoms with E-state index >= 15 is 0 Å². The molecule has 1 nitrogen and oxygen atoms in total. The minimum atomic E-state index is 0.955. The van der Waals surface area contributed by atoms with E-state index in [9.17, 15) is 0 Å². The van der Waals surface area contributed by atoms with Gasteiger partial charge in [-0.25, -0.2) is 0 Å². The van der Waals surface area contributed by atoms with Crippen molar-refractivity contribution in [2.75, 3.05) is 0 Å². The van der Waals surface area contributed by atoms with E-state index in [2.05, 4.69) is 131 Å². The summed E-state index contributed by atoms with van der Waals surface area (Å²) in [7, 11) is 0. The fraction of sp³-hybridized carbons (Fsp3) is 0.162. The zero-order valence-corrected chi connectivity index (χ0v) is 26.1. The van der Waals surface area contributed by atoms with Crippen molar-refractivity contribution in [1.82, 2.24) is 0 Å². The van der Waals surface area contributed by atoms with Crippen LogP contribution in [0.5, 0.6) is 0 Å². The number of hydrogen-bond acceptors (Lipinski definition) is 3. The Hall–Kier alpha value is -3.79. The minimum absolute atomic E-state index is 0.955. The normalized spacial score (nSPS) is 12.4. The van der Waals surface area contributed by atoms with Gasteiger partial charge in [0.25, 0.3) is 0 Å². The van der Waals surface area contributed by atoms with Crippen LogP contribution in [0, 0.1) is 27.7 Å². The lowest BCUT2D eigenvalue weighted by Crippen LogP contribution is -2.02. The van der Waals surface area contributed by atoms with Gasteiger partial charge in [-0.15, -0.1) is 35.8 Å². The summed E-state index contributed by atoms with van der Waals surface area (Å²) in [4.78, 5) is 7.53. The second-order valence-electron chi connectivity index (χ2n) is 9.52. The molecule has 0 radical (unpaired) electrons. The van der Waals surface area contributed by atoms with Crippen molar-refractivity contribution in [3.63, 3.8) is 0 Å². The Kier molecular flexibility index (Phi) is 11.6. The summed E-state index contributed by atoms with van der Waals surface area (Å²) in [5.41, 5.74) is 12.3. The average molecular weight is 562 g/mol. The van der Waals surface area contributed by atoms with Crippen molar-refractivity contribution in [2.45, 2.75) is 41.5 Å². The third-order valence-electron chi connectivity index (χ3n) is 6.58. The molecule has 4 aromatic rings. The van der Waals surface area contributed by atoms with Crippen LogP contribution in [0.3, 0.4) is 0 Å². The number of aryl methyl sites for hydroxylation is 2. The Labute approximate surface area is 249 Å². The van der Waals surface area contributed by atoms with Gasteiger partial charge >= 0.3 is 0 Å². The van der Waals surface area contributed by atoms with E-state index < -0.39 is 0 Å². The first-order valence-electron chi connectivity index (χ1n) is 13.4. The van der Waals surface area contributed by atoms with Gasteiger partial charge in [0.2, 0.25) is 0 Å². The summed E-state index contributed by atoms with van der Waals surface area (Å²) >= 11 is 3.57. The number of nitrogens with zero attached hydrogens (tertiary/aromatic N) is 1. The van der Waals surface area contributed by atoms with Crippen LogP contribution in [0.4, 0.5) is 0 Å². The molecule has 0 amide bonds. The quantitative estimate of drug-likeness (QED) is 0.115. The molecule has 2 heterocycles. The Balaban J connectivity index is 0.00000216. The van der Waals surface area contributed by atoms with E-state index in [1.165, 1.54) is 54.3 Å². The number of allylic oxidation sites excluding steroid dienone is 7. The first-order valence-corrected chi connectivity index (χ1v) is 15.2. The highest BCUT2D eigenvalue weighted by molar-refractivity contribution is 7.13. The molecule has 0 saturated carbocycles. The van der Waals surface area contributed by atoms with Crippen LogP contribution < -0.4 is 0 Å². The first kappa shape index (κ1) is 30.7. The van der Waals surface area contributed by atoms with Crippen molar-refractivity contribution in [1.29, 1.82) is 0 Å². The standard InChI is InChI=1S/C35H35NS2.C2H4/c1-7-8-9-14-33(30-21-25(3)23-32(28(30)6)35-16-12-19-38-35)36-17-10-13-26(4)29-20-24(2)22-31(27(29)5)34-15-11-18-37-34;1-2/h7-23H,1-6H3;1-2H2/b8-7+,14-9-,17-10-,26-13+,36-33+;. The van der Waals surface area contributed by atoms with E-state index in [4.69, 9.17) is 4.99 Å². The largest absolute Gasteiger partial charge is 0.256 e. The third-order valence-corrected chi connectivity index (χ3v) is 8.39. The molecule has 0 saturated heterocycles. The fourth-order valence-electron chi connectivity index (χ4n) is 4.63.